The Balaban J connectivity index is 1.57. The summed E-state index contributed by atoms with van der Waals surface area (Å²) in [5, 5.41) is 9.01. The van der Waals surface area contributed by atoms with Crippen LogP contribution in [0.25, 0.3) is 0 Å². The van der Waals surface area contributed by atoms with Gasteiger partial charge in [0.1, 0.15) is 0 Å². The molecule has 5 heteroatoms. The molecular weight excluding hydrogens is 362 g/mol. The van der Waals surface area contributed by atoms with Gasteiger partial charge in [0.15, 0.2) is 0 Å². The Kier molecular flexibility index (Phi) is 6.63. The van der Waals surface area contributed by atoms with Gasteiger partial charge in [-0.1, -0.05) is 48.5 Å². The van der Waals surface area contributed by atoms with Crippen LogP contribution < -0.4 is 16.0 Å². The Morgan fingerprint density at radius 3 is 2.24 bits per heavy atom. The van der Waals surface area contributed by atoms with E-state index >= 15 is 0 Å². The van der Waals surface area contributed by atoms with Crippen molar-refractivity contribution in [3.8, 4) is 0 Å². The number of carbonyl (C=O) groups is 2. The van der Waals surface area contributed by atoms with Crippen molar-refractivity contribution in [2.45, 2.75) is 20.4 Å². The third-order valence-corrected chi connectivity index (χ3v) is 4.79. The Hall–Kier alpha value is -3.60. The van der Waals surface area contributed by atoms with Crippen LogP contribution in [0.4, 0.5) is 11.4 Å². The molecule has 0 bridgehead atoms. The molecule has 0 fully saturated rings. The SMILES string of the molecule is Cc1ccccc1CNC(=O)CNc1cccc(NC(=O)c2ccccc2)c1C. The highest BCUT2D eigenvalue weighted by molar-refractivity contribution is 6.05. The highest BCUT2D eigenvalue weighted by Gasteiger charge is 2.10. The van der Waals surface area contributed by atoms with Gasteiger partial charge in [0, 0.05) is 23.5 Å². The molecule has 0 atom stereocenters. The summed E-state index contributed by atoms with van der Waals surface area (Å²) in [5.41, 5.74) is 5.25. The van der Waals surface area contributed by atoms with Crippen LogP contribution in [0, 0.1) is 13.8 Å². The molecule has 0 aliphatic rings. The second-order valence-electron chi connectivity index (χ2n) is 6.86. The van der Waals surface area contributed by atoms with Crippen LogP contribution in [0.5, 0.6) is 0 Å². The van der Waals surface area contributed by atoms with Crippen molar-refractivity contribution < 1.29 is 9.59 Å². The summed E-state index contributed by atoms with van der Waals surface area (Å²) in [4.78, 5) is 24.6. The Morgan fingerprint density at radius 1 is 0.793 bits per heavy atom. The van der Waals surface area contributed by atoms with Gasteiger partial charge >= 0.3 is 0 Å². The molecule has 29 heavy (non-hydrogen) atoms. The van der Waals surface area contributed by atoms with E-state index in [1.165, 1.54) is 0 Å². The average molecular weight is 387 g/mol. The average Bonchev–Trinajstić information content (AvgIpc) is 2.74. The normalized spacial score (nSPS) is 10.3. The van der Waals surface area contributed by atoms with Gasteiger partial charge in [-0.15, -0.1) is 0 Å². The van der Waals surface area contributed by atoms with Crippen LogP contribution in [0.1, 0.15) is 27.0 Å². The van der Waals surface area contributed by atoms with E-state index in [9.17, 15) is 9.59 Å². The van der Waals surface area contributed by atoms with Crippen LogP contribution in [0.15, 0.2) is 72.8 Å². The molecule has 0 unspecified atom stereocenters. The number of nitrogens with one attached hydrogen (secondary N) is 3. The third-order valence-electron chi connectivity index (χ3n) is 4.79. The number of hydrogen-bond donors (Lipinski definition) is 3. The molecule has 3 N–H and O–H groups in total. The van der Waals surface area contributed by atoms with E-state index in [0.29, 0.717) is 17.8 Å². The molecule has 0 aliphatic carbocycles. The number of carbonyl (C=O) groups excluding carboxylic acids is 2. The molecule has 0 aliphatic heterocycles. The number of benzene rings is 3. The highest BCUT2D eigenvalue weighted by Crippen LogP contribution is 2.23. The van der Waals surface area contributed by atoms with Crippen molar-refractivity contribution in [2.24, 2.45) is 0 Å². The van der Waals surface area contributed by atoms with E-state index in [1.807, 2.05) is 74.5 Å². The van der Waals surface area contributed by atoms with Crippen molar-refractivity contribution >= 4 is 23.2 Å². The molecule has 0 saturated heterocycles. The first kappa shape index (κ1) is 20.1. The van der Waals surface area contributed by atoms with E-state index in [0.717, 1.165) is 22.4 Å². The summed E-state index contributed by atoms with van der Waals surface area (Å²) in [5.74, 6) is -0.256. The van der Waals surface area contributed by atoms with Crippen LogP contribution in [-0.2, 0) is 11.3 Å². The first-order valence-electron chi connectivity index (χ1n) is 9.55. The molecule has 3 rings (SSSR count). The summed E-state index contributed by atoms with van der Waals surface area (Å²) < 4.78 is 0. The fraction of sp³-hybridized carbons (Fsp3) is 0.167. The lowest BCUT2D eigenvalue weighted by Gasteiger charge is -2.14. The van der Waals surface area contributed by atoms with Gasteiger partial charge < -0.3 is 16.0 Å². The molecule has 3 aromatic carbocycles. The molecule has 0 aromatic heterocycles. The van der Waals surface area contributed by atoms with Crippen molar-refractivity contribution in [3.05, 3.63) is 95.1 Å². The minimum Gasteiger partial charge on any atom is -0.376 e. The molecule has 5 nitrogen and oxygen atoms in total. The zero-order valence-corrected chi connectivity index (χ0v) is 16.7. The Bertz CT molecular complexity index is 1000. The van der Waals surface area contributed by atoms with Gasteiger partial charge in [-0.25, -0.2) is 0 Å². The van der Waals surface area contributed by atoms with Gasteiger partial charge in [-0.3, -0.25) is 9.59 Å². The number of hydrogen-bond acceptors (Lipinski definition) is 3. The zero-order valence-electron chi connectivity index (χ0n) is 16.7. The predicted molar refractivity (Wildman–Crippen MR) is 117 cm³/mol. The second-order valence-corrected chi connectivity index (χ2v) is 6.86. The van der Waals surface area contributed by atoms with E-state index in [4.69, 9.17) is 0 Å². The smallest absolute Gasteiger partial charge is 0.255 e. The van der Waals surface area contributed by atoms with E-state index in [-0.39, 0.29) is 18.4 Å². The largest absolute Gasteiger partial charge is 0.376 e. The topological polar surface area (TPSA) is 70.2 Å². The number of rotatable bonds is 7. The zero-order chi connectivity index (χ0) is 20.6. The van der Waals surface area contributed by atoms with Crippen molar-refractivity contribution in [1.29, 1.82) is 0 Å². The van der Waals surface area contributed by atoms with Crippen molar-refractivity contribution in [1.82, 2.24) is 5.32 Å². The molecule has 0 heterocycles. The first-order chi connectivity index (χ1) is 14.0. The van der Waals surface area contributed by atoms with Gasteiger partial charge in [0.2, 0.25) is 5.91 Å². The van der Waals surface area contributed by atoms with Crippen molar-refractivity contribution in [2.75, 3.05) is 17.2 Å². The van der Waals surface area contributed by atoms with Crippen LogP contribution in [-0.4, -0.2) is 18.4 Å². The maximum Gasteiger partial charge on any atom is 0.255 e. The number of anilines is 2. The van der Waals surface area contributed by atoms with E-state index in [2.05, 4.69) is 16.0 Å². The predicted octanol–water partition coefficient (Wildman–Crippen LogP) is 4.28. The number of aryl methyl sites for hydroxylation is 1. The Labute approximate surface area is 171 Å². The minimum atomic E-state index is -0.165. The maximum absolute atomic E-state index is 12.4. The van der Waals surface area contributed by atoms with Gasteiger partial charge in [0.25, 0.3) is 5.91 Å². The lowest BCUT2D eigenvalue weighted by Crippen LogP contribution is -2.29. The summed E-state index contributed by atoms with van der Waals surface area (Å²) in [6.45, 7) is 4.59. The van der Waals surface area contributed by atoms with Crippen molar-refractivity contribution in [3.63, 3.8) is 0 Å². The van der Waals surface area contributed by atoms with E-state index in [1.54, 1.807) is 12.1 Å². The monoisotopic (exact) mass is 387 g/mol. The van der Waals surface area contributed by atoms with Gasteiger partial charge in [-0.2, -0.15) is 0 Å². The van der Waals surface area contributed by atoms with Crippen LogP contribution in [0.2, 0.25) is 0 Å². The Morgan fingerprint density at radius 2 is 1.48 bits per heavy atom. The minimum absolute atomic E-state index is 0.0913. The molecule has 0 radical (unpaired) electrons. The summed E-state index contributed by atoms with van der Waals surface area (Å²) in [7, 11) is 0. The lowest BCUT2D eigenvalue weighted by atomic mass is 10.1. The fourth-order valence-corrected chi connectivity index (χ4v) is 2.99. The molecule has 148 valence electrons. The number of amides is 2. The van der Waals surface area contributed by atoms with Crippen LogP contribution >= 0.6 is 0 Å². The fourth-order valence-electron chi connectivity index (χ4n) is 2.99. The highest BCUT2D eigenvalue weighted by atomic mass is 16.2. The summed E-state index contributed by atoms with van der Waals surface area (Å²) >= 11 is 0. The summed E-state index contributed by atoms with van der Waals surface area (Å²) in [6.07, 6.45) is 0. The third kappa shape index (κ3) is 5.45. The maximum atomic E-state index is 12.4. The summed E-state index contributed by atoms with van der Waals surface area (Å²) in [6, 6.07) is 22.6. The second kappa shape index (κ2) is 9.55. The lowest BCUT2D eigenvalue weighted by molar-refractivity contribution is -0.119. The van der Waals surface area contributed by atoms with E-state index < -0.39 is 0 Å². The molecule has 3 aromatic rings. The van der Waals surface area contributed by atoms with Gasteiger partial charge in [-0.05, 0) is 54.8 Å². The molecule has 0 saturated carbocycles. The standard InChI is InChI=1S/C24H25N3O2/c1-17-9-6-7-12-20(17)15-26-23(28)16-25-21-13-8-14-22(18(21)2)27-24(29)19-10-4-3-5-11-19/h3-14,25H,15-16H2,1-2H3,(H,26,28)(H,27,29). The molecule has 2 amide bonds. The van der Waals surface area contributed by atoms with Crippen LogP contribution in [0.3, 0.4) is 0 Å². The quantitative estimate of drug-likeness (QED) is 0.567. The molecule has 0 spiro atoms. The van der Waals surface area contributed by atoms with Gasteiger partial charge in [0.05, 0.1) is 6.54 Å². The first-order valence-corrected chi connectivity index (χ1v) is 9.55. The molecular formula is C24H25N3O2.